The average Bonchev–Trinajstić information content (AvgIpc) is 2.71. The van der Waals surface area contributed by atoms with E-state index < -0.39 is 11.7 Å². The molecule has 1 N–H and O–H groups in total. The summed E-state index contributed by atoms with van der Waals surface area (Å²) in [6.07, 6.45) is 2.37. The molecule has 1 aliphatic rings. The van der Waals surface area contributed by atoms with Crippen molar-refractivity contribution in [3.63, 3.8) is 0 Å². The first-order chi connectivity index (χ1) is 10.8. The molecule has 2 amide bonds. The number of hydrogen-bond donors (Lipinski definition) is 1. The van der Waals surface area contributed by atoms with Crippen LogP contribution in [0.2, 0.25) is 0 Å². The summed E-state index contributed by atoms with van der Waals surface area (Å²) in [4.78, 5) is 26.4. The molecule has 126 valence electrons. The number of amides is 2. The average molecular weight is 318 g/mol. The van der Waals surface area contributed by atoms with Crippen LogP contribution in [0.4, 0.5) is 4.79 Å². The molecule has 1 unspecified atom stereocenters. The molecule has 1 aromatic carbocycles. The number of likely N-dealkylation sites (tertiary alicyclic amines) is 1. The maximum Gasteiger partial charge on any atom is 0.407 e. The summed E-state index contributed by atoms with van der Waals surface area (Å²) in [5.41, 5.74) is 0.166. The first-order valence-electron chi connectivity index (χ1n) is 8.19. The van der Waals surface area contributed by atoms with Gasteiger partial charge >= 0.3 is 6.09 Å². The van der Waals surface area contributed by atoms with Crippen LogP contribution in [0, 0.1) is 0 Å². The van der Waals surface area contributed by atoms with Gasteiger partial charge < -0.3 is 15.0 Å². The number of rotatable bonds is 2. The zero-order valence-electron chi connectivity index (χ0n) is 14.2. The second-order valence-corrected chi connectivity index (χ2v) is 6.96. The quantitative estimate of drug-likeness (QED) is 0.911. The van der Waals surface area contributed by atoms with E-state index in [1.54, 1.807) is 0 Å². The number of nitrogens with zero attached hydrogens (tertiary/aromatic N) is 1. The molecule has 0 radical (unpaired) electrons. The second-order valence-electron chi connectivity index (χ2n) is 6.96. The minimum absolute atomic E-state index is 0.0171. The van der Waals surface area contributed by atoms with Crippen molar-refractivity contribution in [2.24, 2.45) is 0 Å². The van der Waals surface area contributed by atoms with Crippen molar-refractivity contribution in [1.29, 1.82) is 0 Å². The molecule has 5 nitrogen and oxygen atoms in total. The Kier molecular flexibility index (Phi) is 5.64. The zero-order chi connectivity index (χ0) is 16.9. The van der Waals surface area contributed by atoms with Gasteiger partial charge in [0.1, 0.15) is 5.60 Å². The number of alkyl carbamates (subject to hydrolysis) is 1. The third-order valence-electron chi connectivity index (χ3n) is 3.70. The summed E-state index contributed by atoms with van der Waals surface area (Å²) in [5.74, 6) is 0.0171. The van der Waals surface area contributed by atoms with Gasteiger partial charge in [-0.15, -0.1) is 0 Å². The lowest BCUT2D eigenvalue weighted by Gasteiger charge is -2.27. The monoisotopic (exact) mass is 318 g/mol. The fraction of sp³-hybridized carbons (Fsp3) is 0.556. The Morgan fingerprint density at radius 1 is 1.17 bits per heavy atom. The highest BCUT2D eigenvalue weighted by atomic mass is 16.6. The normalized spacial score (nSPS) is 18.9. The summed E-state index contributed by atoms with van der Waals surface area (Å²) >= 11 is 0. The molecule has 1 atom stereocenters. The van der Waals surface area contributed by atoms with E-state index in [1.807, 2.05) is 56.0 Å². The molecule has 1 aromatic rings. The summed E-state index contributed by atoms with van der Waals surface area (Å²) in [7, 11) is 0. The molecule has 5 heteroatoms. The molecule has 2 rings (SSSR count). The van der Waals surface area contributed by atoms with Gasteiger partial charge in [-0.1, -0.05) is 18.2 Å². The lowest BCUT2D eigenvalue weighted by molar-refractivity contribution is 0.0483. The van der Waals surface area contributed by atoms with E-state index >= 15 is 0 Å². The van der Waals surface area contributed by atoms with Gasteiger partial charge in [0, 0.05) is 24.7 Å². The molecule has 0 aromatic heterocycles. The van der Waals surface area contributed by atoms with Crippen molar-refractivity contribution in [2.75, 3.05) is 13.1 Å². The van der Waals surface area contributed by atoms with Crippen LogP contribution >= 0.6 is 0 Å². The summed E-state index contributed by atoms with van der Waals surface area (Å²) in [6.45, 7) is 6.76. The number of hydrogen-bond acceptors (Lipinski definition) is 3. The van der Waals surface area contributed by atoms with Crippen molar-refractivity contribution in [3.05, 3.63) is 35.9 Å². The van der Waals surface area contributed by atoms with Crippen molar-refractivity contribution >= 4 is 12.0 Å². The predicted octanol–water partition coefficient (Wildman–Crippen LogP) is 3.21. The Morgan fingerprint density at radius 2 is 1.87 bits per heavy atom. The summed E-state index contributed by atoms with van der Waals surface area (Å²) in [5, 5.41) is 2.90. The van der Waals surface area contributed by atoms with Crippen LogP contribution in [0.1, 0.15) is 50.4 Å². The van der Waals surface area contributed by atoms with Crippen LogP contribution in [0.25, 0.3) is 0 Å². The van der Waals surface area contributed by atoms with Crippen LogP contribution < -0.4 is 5.32 Å². The molecule has 0 saturated carbocycles. The Hall–Kier alpha value is -2.04. The number of benzene rings is 1. The van der Waals surface area contributed by atoms with Gasteiger partial charge in [0.15, 0.2) is 0 Å². The SMILES string of the molecule is CC(C)(C)OC(=O)NC1CCCCN(C(=O)c2ccccc2)C1. The van der Waals surface area contributed by atoms with E-state index in [0.717, 1.165) is 25.8 Å². The maximum absolute atomic E-state index is 12.6. The van der Waals surface area contributed by atoms with Crippen LogP contribution in [0.5, 0.6) is 0 Å². The zero-order valence-corrected chi connectivity index (χ0v) is 14.2. The van der Waals surface area contributed by atoms with E-state index in [0.29, 0.717) is 12.1 Å². The largest absolute Gasteiger partial charge is 0.444 e. The van der Waals surface area contributed by atoms with Gasteiger partial charge in [0.05, 0.1) is 0 Å². The Morgan fingerprint density at radius 3 is 2.52 bits per heavy atom. The highest BCUT2D eigenvalue weighted by Gasteiger charge is 2.25. The molecule has 1 saturated heterocycles. The third kappa shape index (κ3) is 5.58. The van der Waals surface area contributed by atoms with Gasteiger partial charge in [-0.2, -0.15) is 0 Å². The molecule has 0 bridgehead atoms. The second kappa shape index (κ2) is 7.49. The third-order valence-corrected chi connectivity index (χ3v) is 3.70. The van der Waals surface area contributed by atoms with E-state index in [-0.39, 0.29) is 11.9 Å². The van der Waals surface area contributed by atoms with Crippen molar-refractivity contribution in [1.82, 2.24) is 10.2 Å². The van der Waals surface area contributed by atoms with Gasteiger partial charge in [-0.25, -0.2) is 4.79 Å². The summed E-state index contributed by atoms with van der Waals surface area (Å²) < 4.78 is 5.31. The molecule has 1 aliphatic heterocycles. The minimum atomic E-state index is -0.519. The number of carbonyl (C=O) groups is 2. The standard InChI is InChI=1S/C18H26N2O3/c1-18(2,3)23-17(22)19-15-11-7-8-12-20(13-15)16(21)14-9-5-4-6-10-14/h4-6,9-10,15H,7-8,11-13H2,1-3H3,(H,19,22). The topological polar surface area (TPSA) is 58.6 Å². The predicted molar refractivity (Wildman–Crippen MR) is 89.4 cm³/mol. The Bertz CT molecular complexity index is 537. The summed E-state index contributed by atoms with van der Waals surface area (Å²) in [6, 6.07) is 9.20. The Labute approximate surface area is 138 Å². The van der Waals surface area contributed by atoms with E-state index in [1.165, 1.54) is 0 Å². The molecule has 1 heterocycles. The highest BCUT2D eigenvalue weighted by Crippen LogP contribution is 2.15. The first kappa shape index (κ1) is 17.3. The molecular weight excluding hydrogens is 292 g/mol. The van der Waals surface area contributed by atoms with E-state index in [4.69, 9.17) is 4.74 Å². The molecule has 1 fully saturated rings. The smallest absolute Gasteiger partial charge is 0.407 e. The highest BCUT2D eigenvalue weighted by molar-refractivity contribution is 5.94. The van der Waals surface area contributed by atoms with Crippen LogP contribution in [0.15, 0.2) is 30.3 Å². The maximum atomic E-state index is 12.6. The lowest BCUT2D eigenvalue weighted by atomic mass is 10.1. The molecule has 0 aliphatic carbocycles. The molecule has 23 heavy (non-hydrogen) atoms. The number of carbonyl (C=O) groups excluding carboxylic acids is 2. The van der Waals surface area contributed by atoms with Crippen LogP contribution in [0.3, 0.4) is 0 Å². The van der Waals surface area contributed by atoms with Gasteiger partial charge in [0.25, 0.3) is 5.91 Å². The van der Waals surface area contributed by atoms with Gasteiger partial charge in [-0.05, 0) is 52.2 Å². The number of ether oxygens (including phenoxy) is 1. The minimum Gasteiger partial charge on any atom is -0.444 e. The lowest BCUT2D eigenvalue weighted by Crippen LogP contribution is -2.46. The van der Waals surface area contributed by atoms with Crippen LogP contribution in [-0.4, -0.2) is 41.6 Å². The van der Waals surface area contributed by atoms with Crippen LogP contribution in [-0.2, 0) is 4.74 Å². The molecule has 0 spiro atoms. The van der Waals surface area contributed by atoms with Gasteiger partial charge in [-0.3, -0.25) is 4.79 Å². The van der Waals surface area contributed by atoms with E-state index in [2.05, 4.69) is 5.32 Å². The fourth-order valence-electron chi connectivity index (χ4n) is 2.68. The fourth-order valence-corrected chi connectivity index (χ4v) is 2.68. The number of nitrogens with one attached hydrogen (secondary N) is 1. The van der Waals surface area contributed by atoms with Crippen molar-refractivity contribution < 1.29 is 14.3 Å². The van der Waals surface area contributed by atoms with E-state index in [9.17, 15) is 9.59 Å². The van der Waals surface area contributed by atoms with Crippen molar-refractivity contribution in [3.8, 4) is 0 Å². The Balaban J connectivity index is 1.98. The molecular formula is C18H26N2O3. The van der Waals surface area contributed by atoms with Crippen molar-refractivity contribution in [2.45, 2.75) is 51.7 Å². The van der Waals surface area contributed by atoms with Gasteiger partial charge in [0.2, 0.25) is 0 Å². The first-order valence-corrected chi connectivity index (χ1v) is 8.19.